The first kappa shape index (κ1) is 38.1. The first-order chi connectivity index (χ1) is 23.4. The number of carbonyl (C=O) groups excluding carboxylic acids is 3. The van der Waals surface area contributed by atoms with Crippen molar-refractivity contribution in [1.29, 1.82) is 0 Å². The Bertz CT molecular complexity index is 1430. The Morgan fingerprint density at radius 3 is 1.71 bits per heavy atom. The first-order valence-corrected chi connectivity index (χ1v) is 17.7. The van der Waals surface area contributed by atoms with Crippen LogP contribution in [-0.4, -0.2) is 30.9 Å². The standard InChI is InChI=1S/C40H52N2O6/c1-4-6-8-9-10-11-12-13-14-15-16-17-29-46-35-24-20-33(21-25-35)40(45)48-36-26-27-38(37(30-36)31(3)43)42-41-34-22-18-32(19-23-34)39(44)47-28-7-5-2/h18-27,30H,4-17,28-29H2,1-3H3. The van der Waals surface area contributed by atoms with Gasteiger partial charge in [0.25, 0.3) is 0 Å². The van der Waals surface area contributed by atoms with Crippen LogP contribution in [0.5, 0.6) is 11.5 Å². The van der Waals surface area contributed by atoms with Crippen LogP contribution in [0.3, 0.4) is 0 Å². The quantitative estimate of drug-likeness (QED) is 0.0331. The lowest BCUT2D eigenvalue weighted by Gasteiger charge is -2.09. The van der Waals surface area contributed by atoms with E-state index in [4.69, 9.17) is 14.2 Å². The summed E-state index contributed by atoms with van der Waals surface area (Å²) in [5, 5.41) is 8.42. The zero-order chi connectivity index (χ0) is 34.4. The van der Waals surface area contributed by atoms with Gasteiger partial charge in [-0.1, -0.05) is 90.9 Å². The van der Waals surface area contributed by atoms with E-state index in [-0.39, 0.29) is 23.1 Å². The van der Waals surface area contributed by atoms with Crippen molar-refractivity contribution in [3.63, 3.8) is 0 Å². The maximum Gasteiger partial charge on any atom is 0.343 e. The van der Waals surface area contributed by atoms with E-state index in [0.717, 1.165) is 25.7 Å². The molecule has 0 N–H and O–H groups in total. The molecule has 0 aromatic heterocycles. The molecular formula is C40H52N2O6. The highest BCUT2D eigenvalue weighted by Gasteiger charge is 2.14. The number of unbranched alkanes of at least 4 members (excludes halogenated alkanes) is 12. The number of carbonyl (C=O) groups is 3. The van der Waals surface area contributed by atoms with E-state index in [9.17, 15) is 14.4 Å². The summed E-state index contributed by atoms with van der Waals surface area (Å²) in [6.07, 6.45) is 17.3. The van der Waals surface area contributed by atoms with E-state index < -0.39 is 5.97 Å². The second kappa shape index (κ2) is 22.3. The molecule has 0 fully saturated rings. The maximum atomic E-state index is 12.8. The average Bonchev–Trinajstić information content (AvgIpc) is 3.10. The number of Topliss-reactive ketones (excluding diaryl/α,β-unsaturated/α-hetero) is 1. The number of benzene rings is 3. The summed E-state index contributed by atoms with van der Waals surface area (Å²) in [5.41, 5.74) is 1.91. The molecule has 0 aliphatic heterocycles. The zero-order valence-corrected chi connectivity index (χ0v) is 29.0. The molecule has 0 amide bonds. The summed E-state index contributed by atoms with van der Waals surface area (Å²) in [6.45, 7) is 6.74. The normalized spacial score (nSPS) is 11.1. The lowest BCUT2D eigenvalue weighted by Crippen LogP contribution is -2.09. The third-order valence-corrected chi connectivity index (χ3v) is 8.02. The van der Waals surface area contributed by atoms with Crippen molar-refractivity contribution in [2.45, 2.75) is 111 Å². The fourth-order valence-electron chi connectivity index (χ4n) is 5.10. The number of rotatable bonds is 23. The van der Waals surface area contributed by atoms with Gasteiger partial charge in [0, 0.05) is 5.56 Å². The SMILES string of the molecule is CCCCCCCCCCCCCCOc1ccc(C(=O)Oc2ccc(N=Nc3ccc(C(=O)OCCCC)cc3)c(C(C)=O)c2)cc1. The van der Waals surface area contributed by atoms with E-state index in [0.29, 0.717) is 41.5 Å². The highest BCUT2D eigenvalue weighted by molar-refractivity contribution is 5.99. The number of ether oxygens (including phenoxy) is 3. The highest BCUT2D eigenvalue weighted by Crippen LogP contribution is 2.28. The van der Waals surface area contributed by atoms with Gasteiger partial charge in [-0.25, -0.2) is 9.59 Å². The zero-order valence-electron chi connectivity index (χ0n) is 29.0. The molecule has 0 saturated carbocycles. The van der Waals surface area contributed by atoms with Gasteiger partial charge in [0.2, 0.25) is 0 Å². The van der Waals surface area contributed by atoms with Gasteiger partial charge in [0.15, 0.2) is 5.78 Å². The van der Waals surface area contributed by atoms with Crippen molar-refractivity contribution >= 4 is 29.1 Å². The predicted molar refractivity (Wildman–Crippen MR) is 190 cm³/mol. The molecule has 0 bridgehead atoms. The van der Waals surface area contributed by atoms with E-state index in [2.05, 4.69) is 17.2 Å². The minimum atomic E-state index is -0.542. The molecule has 0 unspecified atom stereocenters. The summed E-state index contributed by atoms with van der Waals surface area (Å²) in [5.74, 6) is -0.237. The van der Waals surface area contributed by atoms with Crippen LogP contribution in [0.1, 0.15) is 142 Å². The van der Waals surface area contributed by atoms with E-state index in [1.54, 1.807) is 60.7 Å². The molecule has 3 aromatic carbocycles. The smallest absolute Gasteiger partial charge is 0.343 e. The molecule has 8 nitrogen and oxygen atoms in total. The summed E-state index contributed by atoms with van der Waals surface area (Å²) in [4.78, 5) is 37.3. The fourth-order valence-corrected chi connectivity index (χ4v) is 5.10. The van der Waals surface area contributed by atoms with Crippen LogP contribution < -0.4 is 9.47 Å². The van der Waals surface area contributed by atoms with Crippen LogP contribution in [-0.2, 0) is 4.74 Å². The molecule has 0 saturated heterocycles. The average molecular weight is 657 g/mol. The van der Waals surface area contributed by atoms with E-state index >= 15 is 0 Å². The molecule has 0 heterocycles. The highest BCUT2D eigenvalue weighted by atomic mass is 16.5. The lowest BCUT2D eigenvalue weighted by molar-refractivity contribution is 0.0499. The number of hydrogen-bond acceptors (Lipinski definition) is 8. The van der Waals surface area contributed by atoms with Crippen LogP contribution in [0.15, 0.2) is 77.0 Å². The van der Waals surface area contributed by atoms with Crippen molar-refractivity contribution in [3.8, 4) is 11.5 Å². The maximum absolute atomic E-state index is 12.8. The molecular weight excluding hydrogens is 604 g/mol. The molecule has 0 radical (unpaired) electrons. The Morgan fingerprint density at radius 1 is 0.562 bits per heavy atom. The minimum absolute atomic E-state index is 0.224. The summed E-state index contributed by atoms with van der Waals surface area (Å²) < 4.78 is 16.6. The third-order valence-electron chi connectivity index (χ3n) is 8.02. The Morgan fingerprint density at radius 2 is 1.10 bits per heavy atom. The molecule has 0 atom stereocenters. The van der Waals surface area contributed by atoms with Gasteiger partial charge >= 0.3 is 11.9 Å². The molecule has 48 heavy (non-hydrogen) atoms. The van der Waals surface area contributed by atoms with E-state index in [1.807, 2.05) is 6.92 Å². The van der Waals surface area contributed by atoms with Crippen LogP contribution >= 0.6 is 0 Å². The largest absolute Gasteiger partial charge is 0.494 e. The van der Waals surface area contributed by atoms with Gasteiger partial charge in [0.1, 0.15) is 11.5 Å². The Balaban J connectivity index is 1.42. The molecule has 258 valence electrons. The number of ketones is 1. The summed E-state index contributed by atoms with van der Waals surface area (Å²) in [7, 11) is 0. The summed E-state index contributed by atoms with van der Waals surface area (Å²) in [6, 6.07) is 18.1. The number of nitrogens with zero attached hydrogens (tertiary/aromatic N) is 2. The van der Waals surface area contributed by atoms with Gasteiger partial charge in [0.05, 0.1) is 35.7 Å². The van der Waals surface area contributed by atoms with Crippen LogP contribution in [0, 0.1) is 0 Å². The van der Waals surface area contributed by atoms with Crippen LogP contribution in [0.2, 0.25) is 0 Å². The van der Waals surface area contributed by atoms with Gasteiger partial charge < -0.3 is 14.2 Å². The second-order valence-electron chi connectivity index (χ2n) is 12.1. The summed E-state index contributed by atoms with van der Waals surface area (Å²) >= 11 is 0. The van der Waals surface area contributed by atoms with Gasteiger partial charge in [-0.15, -0.1) is 5.11 Å². The molecule has 3 rings (SSSR count). The van der Waals surface area contributed by atoms with Crippen molar-refractivity contribution in [2.24, 2.45) is 10.2 Å². The predicted octanol–water partition coefficient (Wildman–Crippen LogP) is 11.6. The first-order valence-electron chi connectivity index (χ1n) is 17.7. The van der Waals surface area contributed by atoms with E-state index in [1.165, 1.54) is 77.2 Å². The van der Waals surface area contributed by atoms with Crippen LogP contribution in [0.4, 0.5) is 11.4 Å². The molecule has 0 aliphatic carbocycles. The molecule has 0 spiro atoms. The molecule has 8 heteroatoms. The van der Waals surface area contributed by atoms with Gasteiger partial charge in [-0.3, -0.25) is 4.79 Å². The lowest BCUT2D eigenvalue weighted by atomic mass is 10.1. The van der Waals surface area contributed by atoms with Crippen molar-refractivity contribution in [2.75, 3.05) is 13.2 Å². The number of esters is 2. The van der Waals surface area contributed by atoms with Crippen LogP contribution in [0.25, 0.3) is 0 Å². The molecule has 3 aromatic rings. The van der Waals surface area contributed by atoms with Gasteiger partial charge in [-0.05, 0) is 86.5 Å². The minimum Gasteiger partial charge on any atom is -0.494 e. The third kappa shape index (κ3) is 14.2. The number of hydrogen-bond donors (Lipinski definition) is 0. The Kier molecular flexibility index (Phi) is 17.7. The van der Waals surface area contributed by atoms with Crippen molar-refractivity contribution in [1.82, 2.24) is 0 Å². The fraction of sp³-hybridized carbons (Fsp3) is 0.475. The Labute approximate surface area is 286 Å². The Hall–Kier alpha value is -4.33. The van der Waals surface area contributed by atoms with Crippen molar-refractivity contribution in [3.05, 3.63) is 83.4 Å². The molecule has 0 aliphatic rings. The topological polar surface area (TPSA) is 104 Å². The van der Waals surface area contributed by atoms with Gasteiger partial charge in [-0.2, -0.15) is 5.11 Å². The second-order valence-corrected chi connectivity index (χ2v) is 12.1. The number of azo groups is 1. The van der Waals surface area contributed by atoms with Crippen molar-refractivity contribution < 1.29 is 28.6 Å². The monoisotopic (exact) mass is 656 g/mol.